The number of nitrogens with two attached hydrogens (primary N) is 1. The highest BCUT2D eigenvalue weighted by molar-refractivity contribution is 7.16. The second-order valence-electron chi connectivity index (χ2n) is 11.3. The number of benzene rings is 2. The van der Waals surface area contributed by atoms with Crippen molar-refractivity contribution >= 4 is 15.1 Å². The van der Waals surface area contributed by atoms with E-state index in [9.17, 15) is 4.79 Å². The van der Waals surface area contributed by atoms with Gasteiger partial charge in [-0.1, -0.05) is 81.7 Å². The van der Waals surface area contributed by atoms with Gasteiger partial charge in [0.05, 0.1) is 0 Å². The molecule has 2 aromatic rings. The maximum Gasteiger partial charge on any atom is 0.240 e. The fraction of sp³-hybridized carbons (Fsp3) is 0.545. The van der Waals surface area contributed by atoms with E-state index in [0.29, 0.717) is 0 Å². The first-order valence-corrected chi connectivity index (χ1v) is 15.1. The number of primary amides is 1. The largest absolute Gasteiger partial charge is 0.366 e. The van der Waals surface area contributed by atoms with E-state index in [1.54, 1.807) is 11.1 Å². The Morgan fingerprint density at radius 2 is 1.47 bits per heavy atom. The van der Waals surface area contributed by atoms with Crippen LogP contribution in [-0.2, 0) is 4.79 Å². The Kier molecular flexibility index (Phi) is 11.7. The van der Waals surface area contributed by atoms with Crippen LogP contribution in [0.2, 0.25) is 0 Å². The van der Waals surface area contributed by atoms with E-state index in [1.165, 1.54) is 93.5 Å². The summed E-state index contributed by atoms with van der Waals surface area (Å²) in [5.74, 6) is 2.99. The summed E-state index contributed by atoms with van der Waals surface area (Å²) in [5.41, 5.74) is 11.9. The first kappa shape index (κ1) is 28.6. The Hall–Kier alpha value is -1.92. The molecule has 3 heteroatoms. The molecule has 2 fully saturated rings. The number of carbonyl (C=O) groups excluding carboxylic acids is 1. The molecule has 2 nitrogen and oxygen atoms in total. The van der Waals surface area contributed by atoms with E-state index < -0.39 is 5.91 Å². The molecule has 2 N–H and O–H groups in total. The normalized spacial score (nSPS) is 23.9. The van der Waals surface area contributed by atoms with Gasteiger partial charge in [-0.2, -0.15) is 0 Å². The molecule has 0 heterocycles. The summed E-state index contributed by atoms with van der Waals surface area (Å²) in [6.07, 6.45) is 17.8. The van der Waals surface area contributed by atoms with Crippen molar-refractivity contribution in [3.05, 3.63) is 71.8 Å². The second-order valence-corrected chi connectivity index (χ2v) is 11.8. The Morgan fingerprint density at radius 3 is 2.03 bits per heavy atom. The van der Waals surface area contributed by atoms with E-state index in [2.05, 4.69) is 77.9 Å². The summed E-state index contributed by atoms with van der Waals surface area (Å²) >= 11 is 0. The van der Waals surface area contributed by atoms with Gasteiger partial charge in [-0.15, -0.1) is 9.24 Å². The zero-order chi connectivity index (χ0) is 25.9. The maximum absolute atomic E-state index is 9.47. The van der Waals surface area contributed by atoms with E-state index in [0.717, 1.165) is 29.7 Å². The fourth-order valence-electron chi connectivity index (χ4n) is 6.15. The summed E-state index contributed by atoms with van der Waals surface area (Å²) in [6.45, 7) is 7.80. The molecule has 0 aromatic heterocycles. The number of carbonyl (C=O) groups is 1. The van der Waals surface area contributed by atoms with Crippen molar-refractivity contribution in [2.24, 2.45) is 17.6 Å². The summed E-state index contributed by atoms with van der Waals surface area (Å²) in [4.78, 5) is 9.47. The zero-order valence-electron chi connectivity index (χ0n) is 22.7. The third-order valence-corrected chi connectivity index (χ3v) is 8.95. The van der Waals surface area contributed by atoms with Gasteiger partial charge in [-0.25, -0.2) is 0 Å². The molecule has 2 aromatic carbocycles. The molecule has 1 amide bonds. The maximum atomic E-state index is 9.47. The highest BCUT2D eigenvalue weighted by atomic mass is 31.0. The lowest BCUT2D eigenvalue weighted by Crippen LogP contribution is -2.13. The Bertz CT molecular complexity index is 950. The predicted molar refractivity (Wildman–Crippen MR) is 160 cm³/mol. The molecule has 0 bridgehead atoms. The monoisotopic (exact) mass is 505 g/mol. The van der Waals surface area contributed by atoms with Crippen LogP contribution in [0.5, 0.6) is 0 Å². The summed E-state index contributed by atoms with van der Waals surface area (Å²) in [5, 5.41) is 0. The summed E-state index contributed by atoms with van der Waals surface area (Å²) < 4.78 is 0. The first-order valence-electron chi connectivity index (χ1n) is 14.2. The van der Waals surface area contributed by atoms with Crippen molar-refractivity contribution in [2.75, 3.05) is 6.16 Å². The lowest BCUT2D eigenvalue weighted by atomic mass is 9.77. The van der Waals surface area contributed by atoms with Crippen LogP contribution in [0.25, 0.3) is 11.1 Å². The molecule has 0 spiro atoms. The summed E-state index contributed by atoms with van der Waals surface area (Å²) in [6, 6.07) is 16.9. The molecule has 4 rings (SSSR count). The van der Waals surface area contributed by atoms with Crippen LogP contribution in [0.15, 0.2) is 55.1 Å². The highest BCUT2D eigenvalue weighted by Gasteiger charge is 2.23. The highest BCUT2D eigenvalue weighted by Crippen LogP contribution is 2.39. The quantitative estimate of drug-likeness (QED) is 0.217. The van der Waals surface area contributed by atoms with Crippen LogP contribution in [0.3, 0.4) is 0 Å². The molecule has 1 atom stereocenters. The molecule has 36 heavy (non-hydrogen) atoms. The Morgan fingerprint density at radius 1 is 0.917 bits per heavy atom. The average Bonchev–Trinajstić information content (AvgIpc) is 2.90. The SMILES string of the molecule is C=CC(N)=O.Cc1cc(C2CCC(C)CC2)ccc1-c1ccc(C2CCC(CCCCP)CC2)cc1. The minimum Gasteiger partial charge on any atom is -0.366 e. The number of aryl methyl sites for hydroxylation is 1. The second kappa shape index (κ2) is 14.7. The Labute approximate surface area is 222 Å². The van der Waals surface area contributed by atoms with Gasteiger partial charge in [-0.3, -0.25) is 4.79 Å². The topological polar surface area (TPSA) is 43.1 Å². The molecule has 0 saturated heterocycles. The standard InChI is InChI=1S/C30H43P.C3H5NO/c1-22-6-10-27(11-7-22)29-18-19-30(23(2)21-29)28-16-14-26(15-17-28)25-12-8-24(9-13-25)5-3-4-20-31;1-2-3(4)5/h14-19,21-22,24-25,27H,3-13,20,31H2,1-2H3;2H,1H2,(H2,4,5). The molecule has 2 aliphatic carbocycles. The van der Waals surface area contributed by atoms with Gasteiger partial charge in [0.25, 0.3) is 0 Å². The van der Waals surface area contributed by atoms with E-state index >= 15 is 0 Å². The van der Waals surface area contributed by atoms with Crippen LogP contribution in [-0.4, -0.2) is 12.1 Å². The number of amides is 1. The minimum absolute atomic E-state index is 0.481. The van der Waals surface area contributed by atoms with Crippen LogP contribution in [0.4, 0.5) is 0 Å². The molecule has 1 unspecified atom stereocenters. The van der Waals surface area contributed by atoms with Gasteiger partial charge in [-0.05, 0) is 116 Å². The molecular weight excluding hydrogens is 457 g/mol. The molecule has 196 valence electrons. The third-order valence-electron chi connectivity index (χ3n) is 8.55. The lowest BCUT2D eigenvalue weighted by Gasteiger charge is -2.29. The Balaban J connectivity index is 0.000000658. The van der Waals surface area contributed by atoms with Gasteiger partial charge in [0.15, 0.2) is 0 Å². The molecule has 0 aliphatic heterocycles. The number of unbranched alkanes of at least 4 members (excludes halogenated alkanes) is 1. The number of rotatable bonds is 8. The fourth-order valence-corrected chi connectivity index (χ4v) is 6.44. The first-order chi connectivity index (χ1) is 17.4. The number of hydrogen-bond donors (Lipinski definition) is 1. The number of hydrogen-bond acceptors (Lipinski definition) is 1. The molecular formula is C33H48NOP. The van der Waals surface area contributed by atoms with Crippen molar-refractivity contribution < 1.29 is 4.79 Å². The van der Waals surface area contributed by atoms with Crippen molar-refractivity contribution in [1.29, 1.82) is 0 Å². The van der Waals surface area contributed by atoms with Gasteiger partial charge < -0.3 is 5.73 Å². The lowest BCUT2D eigenvalue weighted by molar-refractivity contribution is -0.113. The van der Waals surface area contributed by atoms with Crippen molar-refractivity contribution in [2.45, 2.75) is 96.3 Å². The van der Waals surface area contributed by atoms with Crippen LogP contribution >= 0.6 is 9.24 Å². The predicted octanol–water partition coefficient (Wildman–Crippen LogP) is 8.93. The summed E-state index contributed by atoms with van der Waals surface area (Å²) in [7, 11) is 2.87. The van der Waals surface area contributed by atoms with E-state index in [1.807, 2.05) is 0 Å². The van der Waals surface area contributed by atoms with Crippen molar-refractivity contribution in [1.82, 2.24) is 0 Å². The van der Waals surface area contributed by atoms with Crippen molar-refractivity contribution in [3.63, 3.8) is 0 Å². The van der Waals surface area contributed by atoms with Crippen LogP contribution in [0.1, 0.15) is 106 Å². The van der Waals surface area contributed by atoms with E-state index in [-0.39, 0.29) is 0 Å². The smallest absolute Gasteiger partial charge is 0.240 e. The van der Waals surface area contributed by atoms with Crippen LogP contribution < -0.4 is 5.73 Å². The average molecular weight is 506 g/mol. The van der Waals surface area contributed by atoms with E-state index in [4.69, 9.17) is 0 Å². The minimum atomic E-state index is -0.481. The van der Waals surface area contributed by atoms with Crippen molar-refractivity contribution in [3.8, 4) is 11.1 Å². The molecule has 2 aliphatic rings. The molecule has 2 saturated carbocycles. The van der Waals surface area contributed by atoms with Gasteiger partial charge in [0, 0.05) is 0 Å². The van der Waals surface area contributed by atoms with Gasteiger partial charge >= 0.3 is 0 Å². The zero-order valence-corrected chi connectivity index (χ0v) is 23.8. The van der Waals surface area contributed by atoms with Crippen LogP contribution in [0, 0.1) is 18.8 Å². The van der Waals surface area contributed by atoms with Gasteiger partial charge in [0.1, 0.15) is 0 Å². The third kappa shape index (κ3) is 8.58. The molecule has 0 radical (unpaired) electrons. The van der Waals surface area contributed by atoms with Gasteiger partial charge in [0.2, 0.25) is 5.91 Å².